The van der Waals surface area contributed by atoms with Crippen molar-refractivity contribution in [2.75, 3.05) is 12.4 Å². The number of aryl methyl sites for hydroxylation is 1. The smallest absolute Gasteiger partial charge is 0.341 e. The molecule has 0 fully saturated rings. The monoisotopic (exact) mass is 361 g/mol. The van der Waals surface area contributed by atoms with E-state index < -0.39 is 18.2 Å². The number of ether oxygens (including phenoxy) is 3. The van der Waals surface area contributed by atoms with Crippen molar-refractivity contribution in [2.24, 2.45) is 0 Å². The molecule has 1 N–H and O–H groups in total. The molecule has 6 nitrogen and oxygen atoms in total. The fourth-order valence-corrected chi connectivity index (χ4v) is 3.70. The number of esters is 1. The molecular weight excluding hydrogens is 342 g/mol. The van der Waals surface area contributed by atoms with Crippen LogP contribution >= 0.6 is 11.3 Å². The molecule has 1 amide bonds. The number of carbonyl (C=O) groups excluding carboxylic acids is 2. The highest BCUT2D eigenvalue weighted by Crippen LogP contribution is 2.36. The van der Waals surface area contributed by atoms with Crippen LogP contribution in [0.4, 0.5) is 5.00 Å². The van der Waals surface area contributed by atoms with Gasteiger partial charge in [-0.3, -0.25) is 4.79 Å². The first-order valence-corrected chi connectivity index (χ1v) is 8.65. The SMILES string of the molecule is COC(=O)c1c(NC(=O)[C@H]2Oc3ccccc3O[C@@H]2C)sc(C)c1C. The van der Waals surface area contributed by atoms with Crippen molar-refractivity contribution >= 4 is 28.2 Å². The molecule has 0 unspecified atom stereocenters. The van der Waals surface area contributed by atoms with Crippen LogP contribution in [-0.4, -0.2) is 31.2 Å². The van der Waals surface area contributed by atoms with E-state index in [1.165, 1.54) is 18.4 Å². The Morgan fingerprint density at radius 1 is 1.16 bits per heavy atom. The Hall–Kier alpha value is -2.54. The van der Waals surface area contributed by atoms with E-state index in [0.717, 1.165) is 10.4 Å². The number of hydrogen-bond acceptors (Lipinski definition) is 6. The number of nitrogens with one attached hydrogen (secondary N) is 1. The van der Waals surface area contributed by atoms with E-state index in [4.69, 9.17) is 14.2 Å². The summed E-state index contributed by atoms with van der Waals surface area (Å²) in [6.45, 7) is 5.49. The molecule has 1 aromatic carbocycles. The highest BCUT2D eigenvalue weighted by atomic mass is 32.1. The van der Waals surface area contributed by atoms with E-state index in [-0.39, 0.29) is 5.91 Å². The zero-order valence-electron chi connectivity index (χ0n) is 14.4. The Labute approximate surface area is 149 Å². The average Bonchev–Trinajstić information content (AvgIpc) is 2.87. The van der Waals surface area contributed by atoms with E-state index in [0.29, 0.717) is 22.1 Å². The van der Waals surface area contributed by atoms with E-state index in [1.807, 2.05) is 26.0 Å². The molecule has 7 heteroatoms. The van der Waals surface area contributed by atoms with Gasteiger partial charge in [0.2, 0.25) is 6.10 Å². The van der Waals surface area contributed by atoms with Crippen LogP contribution in [0.5, 0.6) is 11.5 Å². The Bertz CT molecular complexity index is 829. The third kappa shape index (κ3) is 3.19. The highest BCUT2D eigenvalue weighted by molar-refractivity contribution is 7.16. The first-order chi connectivity index (χ1) is 11.9. The van der Waals surface area contributed by atoms with Gasteiger partial charge < -0.3 is 19.5 Å². The van der Waals surface area contributed by atoms with Crippen molar-refractivity contribution in [3.63, 3.8) is 0 Å². The first kappa shape index (κ1) is 17.3. The van der Waals surface area contributed by atoms with Crippen LogP contribution in [-0.2, 0) is 9.53 Å². The second-order valence-electron chi connectivity index (χ2n) is 5.78. The minimum atomic E-state index is -0.817. The second-order valence-corrected chi connectivity index (χ2v) is 7.00. The van der Waals surface area contributed by atoms with Gasteiger partial charge >= 0.3 is 5.97 Å². The molecule has 0 aliphatic carbocycles. The minimum absolute atomic E-state index is 0.367. The maximum atomic E-state index is 12.7. The van der Waals surface area contributed by atoms with E-state index in [2.05, 4.69) is 5.32 Å². The van der Waals surface area contributed by atoms with E-state index >= 15 is 0 Å². The Kier molecular flexibility index (Phi) is 4.67. The molecule has 132 valence electrons. The summed E-state index contributed by atoms with van der Waals surface area (Å²) in [5.74, 6) is 0.286. The molecule has 1 aliphatic heterocycles. The van der Waals surface area contributed by atoms with Crippen LogP contribution in [0.25, 0.3) is 0 Å². The van der Waals surface area contributed by atoms with Gasteiger partial charge in [0.15, 0.2) is 11.5 Å². The van der Waals surface area contributed by atoms with Gasteiger partial charge in [-0.2, -0.15) is 0 Å². The van der Waals surface area contributed by atoms with Gasteiger partial charge in [-0.05, 0) is 38.5 Å². The third-order valence-corrected chi connectivity index (χ3v) is 5.23. The molecule has 1 aromatic heterocycles. The standard InChI is InChI=1S/C18H19NO5S/c1-9-11(3)25-17(14(9)18(21)22-4)19-16(20)15-10(2)23-12-7-5-6-8-13(12)24-15/h5-8,10,15H,1-4H3,(H,19,20)/t10-,15+/m1/s1. The number of anilines is 1. The van der Waals surface area contributed by atoms with Crippen LogP contribution in [0, 0.1) is 13.8 Å². The van der Waals surface area contributed by atoms with E-state index in [1.54, 1.807) is 19.1 Å². The Morgan fingerprint density at radius 3 is 2.44 bits per heavy atom. The molecule has 0 saturated carbocycles. The summed E-state index contributed by atoms with van der Waals surface area (Å²) in [4.78, 5) is 25.7. The van der Waals surface area contributed by atoms with E-state index in [9.17, 15) is 9.59 Å². The third-order valence-electron chi connectivity index (χ3n) is 4.11. The summed E-state index contributed by atoms with van der Waals surface area (Å²) in [6, 6.07) is 7.20. The number of hydrogen-bond donors (Lipinski definition) is 1. The van der Waals surface area contributed by atoms with Gasteiger partial charge in [-0.25, -0.2) is 4.79 Å². The molecular formula is C18H19NO5S. The molecule has 0 saturated heterocycles. The van der Waals surface area contributed by atoms with Gasteiger partial charge in [0.1, 0.15) is 11.1 Å². The number of fused-ring (bicyclic) bond motifs is 1. The topological polar surface area (TPSA) is 73.9 Å². The number of benzene rings is 1. The molecule has 0 spiro atoms. The summed E-state index contributed by atoms with van der Waals surface area (Å²) >= 11 is 1.33. The predicted molar refractivity (Wildman–Crippen MR) is 94.7 cm³/mol. The quantitative estimate of drug-likeness (QED) is 0.849. The molecule has 25 heavy (non-hydrogen) atoms. The lowest BCUT2D eigenvalue weighted by atomic mass is 10.1. The van der Waals surface area contributed by atoms with Crippen molar-refractivity contribution in [1.82, 2.24) is 0 Å². The maximum absolute atomic E-state index is 12.7. The molecule has 2 heterocycles. The second kappa shape index (κ2) is 6.76. The van der Waals surface area contributed by atoms with Crippen molar-refractivity contribution in [3.8, 4) is 11.5 Å². The zero-order valence-corrected chi connectivity index (χ0v) is 15.2. The Morgan fingerprint density at radius 2 is 1.80 bits per heavy atom. The van der Waals surface area contributed by atoms with Crippen LogP contribution in [0.3, 0.4) is 0 Å². The van der Waals surface area contributed by atoms with Crippen molar-refractivity contribution in [1.29, 1.82) is 0 Å². The fourth-order valence-electron chi connectivity index (χ4n) is 2.65. The number of rotatable bonds is 3. The minimum Gasteiger partial charge on any atom is -0.482 e. The number of para-hydroxylation sites is 2. The van der Waals surface area contributed by atoms with Gasteiger partial charge in [0.05, 0.1) is 12.7 Å². The number of methoxy groups -OCH3 is 1. The van der Waals surface area contributed by atoms with Crippen molar-refractivity contribution in [2.45, 2.75) is 33.0 Å². The van der Waals surface area contributed by atoms with Gasteiger partial charge in [-0.1, -0.05) is 12.1 Å². The zero-order chi connectivity index (χ0) is 18.1. The summed E-state index contributed by atoms with van der Waals surface area (Å²) in [5, 5.41) is 3.25. The van der Waals surface area contributed by atoms with Crippen LogP contribution < -0.4 is 14.8 Å². The summed E-state index contributed by atoms with van der Waals surface area (Å²) < 4.78 is 16.4. The lowest BCUT2D eigenvalue weighted by Crippen LogP contribution is -2.46. The first-order valence-electron chi connectivity index (χ1n) is 7.84. The molecule has 1 aliphatic rings. The summed E-state index contributed by atoms with van der Waals surface area (Å²) in [6.07, 6.45) is -1.28. The molecule has 2 aromatic rings. The van der Waals surface area contributed by atoms with Crippen molar-refractivity contribution in [3.05, 3.63) is 40.3 Å². The average molecular weight is 361 g/mol. The summed E-state index contributed by atoms with van der Waals surface area (Å²) in [7, 11) is 1.32. The van der Waals surface area contributed by atoms with Gasteiger partial charge in [-0.15, -0.1) is 11.3 Å². The van der Waals surface area contributed by atoms with Gasteiger partial charge in [0, 0.05) is 4.88 Å². The molecule has 2 atom stereocenters. The predicted octanol–water partition coefficient (Wildman–Crippen LogP) is 3.32. The number of amides is 1. The lowest BCUT2D eigenvalue weighted by molar-refractivity contribution is -0.127. The fraction of sp³-hybridized carbons (Fsp3) is 0.333. The normalized spacial score (nSPS) is 18.6. The molecule has 3 rings (SSSR count). The van der Waals surface area contributed by atoms with Crippen LogP contribution in [0.15, 0.2) is 24.3 Å². The van der Waals surface area contributed by atoms with Crippen molar-refractivity contribution < 1.29 is 23.8 Å². The largest absolute Gasteiger partial charge is 0.482 e. The molecule has 0 bridgehead atoms. The van der Waals surface area contributed by atoms with Crippen LogP contribution in [0.1, 0.15) is 27.7 Å². The van der Waals surface area contributed by atoms with Crippen LogP contribution in [0.2, 0.25) is 0 Å². The Balaban J connectivity index is 1.84. The number of thiophene rings is 1. The maximum Gasteiger partial charge on any atom is 0.341 e. The molecule has 0 radical (unpaired) electrons. The lowest BCUT2D eigenvalue weighted by Gasteiger charge is -2.30. The summed E-state index contributed by atoms with van der Waals surface area (Å²) in [5.41, 5.74) is 1.18. The highest BCUT2D eigenvalue weighted by Gasteiger charge is 2.35. The van der Waals surface area contributed by atoms with Gasteiger partial charge in [0.25, 0.3) is 5.91 Å². The number of carbonyl (C=O) groups is 2.